The molecule has 0 radical (unpaired) electrons. The van der Waals surface area contributed by atoms with Crippen LogP contribution >= 0.6 is 0 Å². The van der Waals surface area contributed by atoms with Crippen LogP contribution in [0.2, 0.25) is 0 Å². The molecule has 0 saturated carbocycles. The lowest BCUT2D eigenvalue weighted by Gasteiger charge is -2.17. The third-order valence-corrected chi connectivity index (χ3v) is 6.35. The van der Waals surface area contributed by atoms with Crippen LogP contribution in [-0.2, 0) is 16.8 Å². The number of fused-ring (bicyclic) bond motifs is 2. The summed E-state index contributed by atoms with van der Waals surface area (Å²) in [6.07, 6.45) is 5.94. The molecule has 0 atom stereocenters. The molecule has 0 bridgehead atoms. The summed E-state index contributed by atoms with van der Waals surface area (Å²) in [6.45, 7) is 3.51. The standard InChI is InChI=1S/C26H20FN9O2/c1-26(2)18-20(24(37)31-17-12-28-10-11-29-17)32-22(33-21(18)34-25(26)38)19-15-7-5-9-30-23(15)36(35-19)13-14-6-3-4-8-16(14)27/h3-12H,13H2,1-2H3,(H,29,31,37)(H,32,33,34,38). The number of nitrogens with one attached hydrogen (secondary N) is 2. The van der Waals surface area contributed by atoms with E-state index in [1.807, 2.05) is 0 Å². The Morgan fingerprint density at radius 3 is 2.71 bits per heavy atom. The van der Waals surface area contributed by atoms with Gasteiger partial charge in [-0.15, -0.1) is 0 Å². The van der Waals surface area contributed by atoms with E-state index in [-0.39, 0.29) is 41.4 Å². The van der Waals surface area contributed by atoms with Crippen molar-refractivity contribution < 1.29 is 14.0 Å². The minimum Gasteiger partial charge on any atom is -0.310 e. The molecule has 188 valence electrons. The maximum atomic E-state index is 14.4. The highest BCUT2D eigenvalue weighted by Gasteiger charge is 2.44. The number of carbonyl (C=O) groups is 2. The van der Waals surface area contributed by atoms with Gasteiger partial charge in [0.05, 0.1) is 23.5 Å². The molecule has 4 aromatic heterocycles. The molecule has 0 fully saturated rings. The van der Waals surface area contributed by atoms with Crippen LogP contribution in [0.1, 0.15) is 35.5 Å². The molecular formula is C26H20FN9O2. The van der Waals surface area contributed by atoms with E-state index >= 15 is 0 Å². The summed E-state index contributed by atoms with van der Waals surface area (Å²) in [4.78, 5) is 47.8. The zero-order valence-electron chi connectivity index (χ0n) is 20.3. The van der Waals surface area contributed by atoms with Gasteiger partial charge in [-0.1, -0.05) is 18.2 Å². The van der Waals surface area contributed by atoms with Crippen LogP contribution in [0.3, 0.4) is 0 Å². The molecule has 6 rings (SSSR count). The van der Waals surface area contributed by atoms with Gasteiger partial charge in [0.2, 0.25) is 5.91 Å². The summed E-state index contributed by atoms with van der Waals surface area (Å²) in [6, 6.07) is 9.94. The highest BCUT2D eigenvalue weighted by atomic mass is 19.1. The number of anilines is 2. The number of carbonyl (C=O) groups excluding carboxylic acids is 2. The first kappa shape index (κ1) is 23.3. The van der Waals surface area contributed by atoms with Gasteiger partial charge < -0.3 is 10.6 Å². The van der Waals surface area contributed by atoms with Gasteiger partial charge in [0.15, 0.2) is 17.3 Å². The molecule has 0 saturated heterocycles. The lowest BCUT2D eigenvalue weighted by molar-refractivity contribution is -0.119. The van der Waals surface area contributed by atoms with Crippen LogP contribution < -0.4 is 10.6 Å². The van der Waals surface area contributed by atoms with Crippen LogP contribution in [0.5, 0.6) is 0 Å². The van der Waals surface area contributed by atoms with E-state index < -0.39 is 11.3 Å². The van der Waals surface area contributed by atoms with Crippen molar-refractivity contribution in [3.05, 3.63) is 83.8 Å². The number of pyridine rings is 1. The van der Waals surface area contributed by atoms with Gasteiger partial charge in [0, 0.05) is 29.7 Å². The SMILES string of the molecule is CC1(C)C(=O)Nc2nc(-c3nn(Cc4ccccc4F)c4ncccc34)nc(C(=O)Nc3cnccn3)c21. The van der Waals surface area contributed by atoms with Crippen LogP contribution in [-0.4, -0.2) is 46.5 Å². The summed E-state index contributed by atoms with van der Waals surface area (Å²) >= 11 is 0. The minimum atomic E-state index is -1.06. The Labute approximate surface area is 215 Å². The fourth-order valence-electron chi connectivity index (χ4n) is 4.40. The molecule has 0 spiro atoms. The van der Waals surface area contributed by atoms with Gasteiger partial charge in [-0.3, -0.25) is 14.6 Å². The second-order valence-electron chi connectivity index (χ2n) is 9.22. The Balaban J connectivity index is 1.51. The van der Waals surface area contributed by atoms with E-state index in [9.17, 15) is 14.0 Å². The van der Waals surface area contributed by atoms with Crippen LogP contribution in [0.4, 0.5) is 16.0 Å². The van der Waals surface area contributed by atoms with Crippen molar-refractivity contribution in [2.75, 3.05) is 10.6 Å². The van der Waals surface area contributed by atoms with E-state index in [1.165, 1.54) is 24.7 Å². The van der Waals surface area contributed by atoms with E-state index in [2.05, 4.69) is 40.7 Å². The summed E-state index contributed by atoms with van der Waals surface area (Å²) in [5, 5.41) is 10.7. The predicted octanol–water partition coefficient (Wildman–Crippen LogP) is 3.35. The molecule has 12 heteroatoms. The third kappa shape index (κ3) is 3.82. The quantitative estimate of drug-likeness (QED) is 0.368. The second-order valence-corrected chi connectivity index (χ2v) is 9.22. The van der Waals surface area contributed by atoms with Crippen LogP contribution in [0.25, 0.3) is 22.6 Å². The molecule has 11 nitrogen and oxygen atoms in total. The number of nitrogens with zero attached hydrogens (tertiary/aromatic N) is 7. The Morgan fingerprint density at radius 2 is 1.92 bits per heavy atom. The summed E-state index contributed by atoms with van der Waals surface area (Å²) in [7, 11) is 0. The number of benzene rings is 1. The molecule has 2 N–H and O–H groups in total. The number of hydrogen-bond acceptors (Lipinski definition) is 8. The topological polar surface area (TPSA) is 140 Å². The van der Waals surface area contributed by atoms with Crippen molar-refractivity contribution in [1.82, 2.24) is 34.7 Å². The average Bonchev–Trinajstić information content (AvgIpc) is 3.39. The fourth-order valence-corrected chi connectivity index (χ4v) is 4.40. The predicted molar refractivity (Wildman–Crippen MR) is 136 cm³/mol. The first-order chi connectivity index (χ1) is 18.3. The number of hydrogen-bond donors (Lipinski definition) is 2. The molecule has 0 unspecified atom stereocenters. The maximum absolute atomic E-state index is 14.4. The largest absolute Gasteiger partial charge is 0.310 e. The Morgan fingerprint density at radius 1 is 1.08 bits per heavy atom. The molecule has 0 aliphatic carbocycles. The van der Waals surface area contributed by atoms with Gasteiger partial charge in [0.1, 0.15) is 23.0 Å². The summed E-state index contributed by atoms with van der Waals surface area (Å²) in [5.74, 6) is -0.709. The van der Waals surface area contributed by atoms with Crippen molar-refractivity contribution >= 4 is 34.5 Å². The molecule has 1 aliphatic rings. The van der Waals surface area contributed by atoms with Gasteiger partial charge in [-0.05, 0) is 32.0 Å². The molecule has 5 heterocycles. The van der Waals surface area contributed by atoms with Gasteiger partial charge >= 0.3 is 0 Å². The normalized spacial score (nSPS) is 13.8. The number of rotatable bonds is 5. The van der Waals surface area contributed by atoms with Crippen LogP contribution in [0.15, 0.2) is 61.2 Å². The molecule has 5 aromatic rings. The third-order valence-electron chi connectivity index (χ3n) is 6.35. The number of amides is 2. The monoisotopic (exact) mass is 509 g/mol. The molecule has 1 aromatic carbocycles. The average molecular weight is 510 g/mol. The fraction of sp³-hybridized carbons (Fsp3) is 0.154. The highest BCUT2D eigenvalue weighted by molar-refractivity contribution is 6.12. The smallest absolute Gasteiger partial charge is 0.276 e. The number of halogens is 1. The molecule has 38 heavy (non-hydrogen) atoms. The van der Waals surface area contributed by atoms with Crippen molar-refractivity contribution in [3.8, 4) is 11.5 Å². The lowest BCUT2D eigenvalue weighted by atomic mass is 9.85. The van der Waals surface area contributed by atoms with Crippen molar-refractivity contribution in [2.45, 2.75) is 25.8 Å². The molecular weight excluding hydrogens is 489 g/mol. The zero-order chi connectivity index (χ0) is 26.4. The first-order valence-corrected chi connectivity index (χ1v) is 11.7. The Kier molecular flexibility index (Phi) is 5.37. The second kappa shape index (κ2) is 8.76. The van der Waals surface area contributed by atoms with E-state index in [4.69, 9.17) is 0 Å². The summed E-state index contributed by atoms with van der Waals surface area (Å²) < 4.78 is 16.0. The van der Waals surface area contributed by atoms with Gasteiger partial charge in [0.25, 0.3) is 5.91 Å². The van der Waals surface area contributed by atoms with E-state index in [0.29, 0.717) is 27.9 Å². The van der Waals surface area contributed by atoms with Gasteiger partial charge in [-0.25, -0.2) is 29.0 Å². The van der Waals surface area contributed by atoms with E-state index in [0.717, 1.165) is 0 Å². The van der Waals surface area contributed by atoms with Crippen molar-refractivity contribution in [3.63, 3.8) is 0 Å². The molecule has 1 aliphatic heterocycles. The molecule has 2 amide bonds. The first-order valence-electron chi connectivity index (χ1n) is 11.7. The van der Waals surface area contributed by atoms with Crippen LogP contribution in [0, 0.1) is 5.82 Å². The van der Waals surface area contributed by atoms with Crippen molar-refractivity contribution in [1.29, 1.82) is 0 Å². The van der Waals surface area contributed by atoms with Gasteiger partial charge in [-0.2, -0.15) is 5.10 Å². The highest BCUT2D eigenvalue weighted by Crippen LogP contribution is 2.40. The number of aromatic nitrogens is 7. The van der Waals surface area contributed by atoms with E-state index in [1.54, 1.807) is 55.1 Å². The maximum Gasteiger partial charge on any atom is 0.276 e. The lowest BCUT2D eigenvalue weighted by Crippen LogP contribution is -2.29. The van der Waals surface area contributed by atoms with Crippen molar-refractivity contribution in [2.24, 2.45) is 0 Å². The minimum absolute atomic E-state index is 0.000280. The Bertz CT molecular complexity index is 1730. The Hall–Kier alpha value is -5.13. The summed E-state index contributed by atoms with van der Waals surface area (Å²) in [5.41, 5.74) is 0.559. The zero-order valence-corrected chi connectivity index (χ0v) is 20.3.